The van der Waals surface area contributed by atoms with Gasteiger partial charge >= 0.3 is 0 Å². The van der Waals surface area contributed by atoms with Crippen molar-refractivity contribution in [2.24, 2.45) is 0 Å². The molecule has 0 unspecified atom stereocenters. The molecule has 1 amide bonds. The summed E-state index contributed by atoms with van der Waals surface area (Å²) in [6.45, 7) is 4.59. The van der Waals surface area contributed by atoms with E-state index in [1.54, 1.807) is 0 Å². The van der Waals surface area contributed by atoms with Gasteiger partial charge in [0.25, 0.3) is 5.91 Å². The van der Waals surface area contributed by atoms with E-state index in [-0.39, 0.29) is 5.91 Å². The zero-order valence-electron chi connectivity index (χ0n) is 8.43. The topological polar surface area (TPSA) is 29.1 Å². The molecule has 5 heteroatoms. The van der Waals surface area contributed by atoms with Gasteiger partial charge in [-0.05, 0) is 51.8 Å². The van der Waals surface area contributed by atoms with Crippen LogP contribution in [0.3, 0.4) is 0 Å². The summed E-state index contributed by atoms with van der Waals surface area (Å²) in [7, 11) is 0. The summed E-state index contributed by atoms with van der Waals surface area (Å²) < 4.78 is 1.86. The molecule has 0 spiro atoms. The Morgan fingerprint density at radius 1 is 1.53 bits per heavy atom. The summed E-state index contributed by atoms with van der Waals surface area (Å²) >= 11 is 8.12. The lowest BCUT2D eigenvalue weighted by molar-refractivity contribution is 0.0962. The molecular formula is C10H11Br2NOS. The first-order valence-corrected chi connectivity index (χ1v) is 6.77. The van der Waals surface area contributed by atoms with Crippen LogP contribution >= 0.6 is 43.2 Å². The number of hydrogen-bond donors (Lipinski definition) is 1. The third kappa shape index (κ3) is 4.09. The standard InChI is InChI=1S/C10H11Br2NOS/c1-6(2)3-4-13-10(14)8-5-7(11)9(12)15-8/h3,5H,4H2,1-2H3,(H,13,14). The lowest BCUT2D eigenvalue weighted by Crippen LogP contribution is -2.22. The molecule has 1 N–H and O–H groups in total. The van der Waals surface area contributed by atoms with Crippen molar-refractivity contribution in [2.75, 3.05) is 6.54 Å². The van der Waals surface area contributed by atoms with E-state index in [1.807, 2.05) is 26.0 Å². The van der Waals surface area contributed by atoms with E-state index in [1.165, 1.54) is 16.9 Å². The Morgan fingerprint density at radius 3 is 2.67 bits per heavy atom. The molecule has 15 heavy (non-hydrogen) atoms. The van der Waals surface area contributed by atoms with Gasteiger partial charge in [0.2, 0.25) is 0 Å². The summed E-state index contributed by atoms with van der Waals surface area (Å²) in [5, 5.41) is 2.82. The van der Waals surface area contributed by atoms with Crippen molar-refractivity contribution in [3.63, 3.8) is 0 Å². The fraction of sp³-hybridized carbons (Fsp3) is 0.300. The maximum Gasteiger partial charge on any atom is 0.261 e. The second kappa shape index (κ2) is 5.82. The lowest BCUT2D eigenvalue weighted by Gasteiger charge is -1.99. The molecule has 0 aliphatic rings. The molecule has 0 aliphatic carbocycles. The highest BCUT2D eigenvalue weighted by molar-refractivity contribution is 9.13. The van der Waals surface area contributed by atoms with Crippen LogP contribution in [0.4, 0.5) is 0 Å². The quantitative estimate of drug-likeness (QED) is 0.819. The van der Waals surface area contributed by atoms with E-state index in [0.717, 1.165) is 8.26 Å². The molecule has 1 rings (SSSR count). The van der Waals surface area contributed by atoms with E-state index in [4.69, 9.17) is 0 Å². The summed E-state index contributed by atoms with van der Waals surface area (Å²) in [5.41, 5.74) is 1.20. The zero-order valence-corrected chi connectivity index (χ0v) is 12.4. The van der Waals surface area contributed by atoms with Crippen molar-refractivity contribution in [1.29, 1.82) is 0 Å². The van der Waals surface area contributed by atoms with E-state index in [2.05, 4.69) is 37.2 Å². The minimum Gasteiger partial charge on any atom is -0.348 e. The molecule has 82 valence electrons. The summed E-state index contributed by atoms with van der Waals surface area (Å²) in [4.78, 5) is 12.3. The van der Waals surface area contributed by atoms with Crippen LogP contribution in [-0.4, -0.2) is 12.5 Å². The van der Waals surface area contributed by atoms with Crippen molar-refractivity contribution in [2.45, 2.75) is 13.8 Å². The maximum atomic E-state index is 11.6. The number of allylic oxidation sites excluding steroid dienone is 1. The Kier molecular flexibility index (Phi) is 5.02. The van der Waals surface area contributed by atoms with Crippen LogP contribution in [0.25, 0.3) is 0 Å². The molecule has 0 aliphatic heterocycles. The fourth-order valence-corrected chi connectivity index (χ4v) is 2.85. The Morgan fingerprint density at radius 2 is 2.20 bits per heavy atom. The molecule has 1 heterocycles. The van der Waals surface area contributed by atoms with Gasteiger partial charge in [-0.3, -0.25) is 4.79 Å². The Bertz CT molecular complexity index is 375. The van der Waals surface area contributed by atoms with Crippen LogP contribution in [0.5, 0.6) is 0 Å². The van der Waals surface area contributed by atoms with Gasteiger partial charge in [0.05, 0.1) is 8.66 Å². The van der Waals surface area contributed by atoms with Crippen molar-refractivity contribution in [3.8, 4) is 0 Å². The van der Waals surface area contributed by atoms with Crippen LogP contribution in [0, 0.1) is 0 Å². The first-order valence-electron chi connectivity index (χ1n) is 4.37. The van der Waals surface area contributed by atoms with Gasteiger partial charge in [-0.15, -0.1) is 11.3 Å². The number of carbonyl (C=O) groups is 1. The Hall–Kier alpha value is -0.130. The third-order valence-corrected chi connectivity index (χ3v) is 4.90. The molecule has 0 atom stereocenters. The largest absolute Gasteiger partial charge is 0.348 e. The molecule has 0 radical (unpaired) electrons. The van der Waals surface area contributed by atoms with Crippen LogP contribution in [-0.2, 0) is 0 Å². The van der Waals surface area contributed by atoms with Gasteiger partial charge < -0.3 is 5.32 Å². The molecule has 0 bridgehead atoms. The first kappa shape index (κ1) is 12.9. The number of halogens is 2. The maximum absolute atomic E-state index is 11.6. The number of hydrogen-bond acceptors (Lipinski definition) is 2. The van der Waals surface area contributed by atoms with Gasteiger partial charge in [0, 0.05) is 11.0 Å². The third-order valence-electron chi connectivity index (χ3n) is 1.64. The predicted molar refractivity (Wildman–Crippen MR) is 71.5 cm³/mol. The molecule has 1 aromatic heterocycles. The van der Waals surface area contributed by atoms with Crippen molar-refractivity contribution in [1.82, 2.24) is 5.32 Å². The number of thiophene rings is 1. The van der Waals surface area contributed by atoms with Gasteiger partial charge in [0.15, 0.2) is 0 Å². The van der Waals surface area contributed by atoms with Gasteiger partial charge in [-0.2, -0.15) is 0 Å². The minimum absolute atomic E-state index is 0.0381. The average molecular weight is 353 g/mol. The number of nitrogens with one attached hydrogen (secondary N) is 1. The van der Waals surface area contributed by atoms with E-state index in [9.17, 15) is 4.79 Å². The van der Waals surface area contributed by atoms with Crippen LogP contribution in [0.1, 0.15) is 23.5 Å². The zero-order chi connectivity index (χ0) is 11.4. The predicted octanol–water partition coefficient (Wildman–Crippen LogP) is 3.97. The Balaban J connectivity index is 2.58. The molecular weight excluding hydrogens is 342 g/mol. The van der Waals surface area contributed by atoms with Gasteiger partial charge in [0.1, 0.15) is 0 Å². The average Bonchev–Trinajstić information content (AvgIpc) is 2.46. The summed E-state index contributed by atoms with van der Waals surface area (Å²) in [6.07, 6.45) is 1.98. The molecule has 2 nitrogen and oxygen atoms in total. The number of rotatable bonds is 3. The van der Waals surface area contributed by atoms with Crippen LogP contribution in [0.2, 0.25) is 0 Å². The van der Waals surface area contributed by atoms with Crippen molar-refractivity contribution < 1.29 is 4.79 Å². The Labute approximate surface area is 110 Å². The molecule has 0 aromatic carbocycles. The summed E-state index contributed by atoms with van der Waals surface area (Å²) in [5.74, 6) is -0.0381. The minimum atomic E-state index is -0.0381. The van der Waals surface area contributed by atoms with E-state index >= 15 is 0 Å². The normalized spacial score (nSPS) is 9.87. The highest BCUT2D eigenvalue weighted by Crippen LogP contribution is 2.32. The lowest BCUT2D eigenvalue weighted by atomic mass is 10.3. The molecule has 0 fully saturated rings. The van der Waals surface area contributed by atoms with Gasteiger partial charge in [-0.25, -0.2) is 0 Å². The van der Waals surface area contributed by atoms with Crippen molar-refractivity contribution >= 4 is 49.1 Å². The smallest absolute Gasteiger partial charge is 0.261 e. The SMILES string of the molecule is CC(C)=CCNC(=O)c1cc(Br)c(Br)s1. The van der Waals surface area contributed by atoms with Gasteiger partial charge in [-0.1, -0.05) is 11.6 Å². The van der Waals surface area contributed by atoms with Crippen LogP contribution in [0.15, 0.2) is 26.0 Å². The van der Waals surface area contributed by atoms with Crippen LogP contribution < -0.4 is 5.32 Å². The fourth-order valence-electron chi connectivity index (χ4n) is 0.893. The summed E-state index contributed by atoms with van der Waals surface area (Å²) in [6, 6.07) is 1.81. The monoisotopic (exact) mass is 351 g/mol. The second-order valence-corrected chi connectivity index (χ2v) is 6.45. The van der Waals surface area contributed by atoms with Crippen molar-refractivity contribution in [3.05, 3.63) is 30.9 Å². The first-order chi connectivity index (χ1) is 7.00. The number of amides is 1. The molecule has 1 aromatic rings. The highest BCUT2D eigenvalue weighted by Gasteiger charge is 2.10. The second-order valence-electron chi connectivity index (χ2n) is 3.22. The van der Waals surface area contributed by atoms with E-state index in [0.29, 0.717) is 11.4 Å². The number of carbonyl (C=O) groups excluding carboxylic acids is 1. The highest BCUT2D eigenvalue weighted by atomic mass is 79.9. The van der Waals surface area contributed by atoms with E-state index < -0.39 is 0 Å². The molecule has 0 saturated heterocycles. The molecule has 0 saturated carbocycles.